The average Bonchev–Trinajstić information content (AvgIpc) is 3.46. The first kappa shape index (κ1) is 32.0. The van der Waals surface area contributed by atoms with E-state index in [1.165, 1.54) is 33.5 Å². The van der Waals surface area contributed by atoms with E-state index >= 15 is 0 Å². The van der Waals surface area contributed by atoms with E-state index in [4.69, 9.17) is 33.2 Å². The zero-order valence-corrected chi connectivity index (χ0v) is 25.3. The fourth-order valence-corrected chi connectivity index (χ4v) is 6.99. The summed E-state index contributed by atoms with van der Waals surface area (Å²) < 4.78 is 40.7. The Morgan fingerprint density at radius 3 is 2.33 bits per heavy atom. The van der Waals surface area contributed by atoms with E-state index in [-0.39, 0.29) is 29.4 Å². The lowest BCUT2D eigenvalue weighted by molar-refractivity contribution is -0.324. The fourth-order valence-electron chi connectivity index (χ4n) is 6.99. The summed E-state index contributed by atoms with van der Waals surface area (Å²) in [4.78, 5) is 12.9. The molecule has 246 valence electrons. The minimum atomic E-state index is -2.33. The molecule has 0 radical (unpaired) electrons. The molecule has 0 aromatic heterocycles. The summed E-state index contributed by atoms with van der Waals surface area (Å²) in [5.41, 5.74) is -3.26. The third-order valence-corrected chi connectivity index (χ3v) is 9.06. The molecule has 13 heteroatoms. The van der Waals surface area contributed by atoms with Gasteiger partial charge in [-0.3, -0.25) is 4.79 Å². The van der Waals surface area contributed by atoms with E-state index < -0.39 is 66.5 Å². The van der Waals surface area contributed by atoms with Gasteiger partial charge in [0.15, 0.2) is 11.2 Å². The lowest BCUT2D eigenvalue weighted by atomic mass is 9.70. The summed E-state index contributed by atoms with van der Waals surface area (Å²) in [7, 11) is 4.25. The number of carboxylic acid groups (broad SMARTS) is 1. The first-order valence-electron chi connectivity index (χ1n) is 14.6. The Morgan fingerprint density at radius 1 is 1.00 bits per heavy atom. The number of aliphatic carboxylic acids is 1. The molecule has 46 heavy (non-hydrogen) atoms. The van der Waals surface area contributed by atoms with E-state index in [1.807, 2.05) is 0 Å². The maximum absolute atomic E-state index is 12.9. The van der Waals surface area contributed by atoms with E-state index in [0.717, 1.165) is 0 Å². The maximum atomic E-state index is 12.9. The molecule has 2 fully saturated rings. The van der Waals surface area contributed by atoms with Crippen LogP contribution >= 0.6 is 0 Å². The molecule has 2 heterocycles. The van der Waals surface area contributed by atoms with Crippen LogP contribution in [0.15, 0.2) is 66.7 Å². The second kappa shape index (κ2) is 12.3. The molecule has 1 saturated carbocycles. The van der Waals surface area contributed by atoms with Crippen LogP contribution in [0.2, 0.25) is 0 Å². The smallest absolute Gasteiger partial charge is 0.310 e. The SMILES string of the molecule is COc1ccc([C@]23Oc4cc(O[C@@H]5O[C@@H]([C@H](O)CO)CO[C@H]5OC)cc(OC)c4C2(O)C(O)C(C(=O)O)C3c2ccccc2)cc1. The molecule has 4 unspecified atom stereocenters. The van der Waals surface area contributed by atoms with Crippen molar-refractivity contribution < 1.29 is 63.5 Å². The van der Waals surface area contributed by atoms with Crippen molar-refractivity contribution in [3.8, 4) is 23.0 Å². The summed E-state index contributed by atoms with van der Waals surface area (Å²) >= 11 is 0. The lowest BCUT2D eigenvalue weighted by Crippen LogP contribution is -2.52. The van der Waals surface area contributed by atoms with Crippen molar-refractivity contribution in [2.45, 2.75) is 48.0 Å². The van der Waals surface area contributed by atoms with Gasteiger partial charge in [0.25, 0.3) is 6.29 Å². The van der Waals surface area contributed by atoms with Crippen molar-refractivity contribution >= 4 is 5.97 Å². The lowest BCUT2D eigenvalue weighted by Gasteiger charge is -2.40. The molecular weight excluding hydrogens is 604 g/mol. The summed E-state index contributed by atoms with van der Waals surface area (Å²) in [6.45, 7) is -0.620. The van der Waals surface area contributed by atoms with Crippen LogP contribution in [0, 0.1) is 5.92 Å². The second-order valence-electron chi connectivity index (χ2n) is 11.4. The van der Waals surface area contributed by atoms with Gasteiger partial charge in [0.2, 0.25) is 6.29 Å². The van der Waals surface area contributed by atoms with E-state index in [9.17, 15) is 30.3 Å². The Kier molecular flexibility index (Phi) is 8.59. The molecule has 9 atom stereocenters. The molecule has 0 spiro atoms. The summed E-state index contributed by atoms with van der Waals surface area (Å²) in [5, 5.41) is 54.8. The van der Waals surface area contributed by atoms with Gasteiger partial charge in [-0.15, -0.1) is 0 Å². The standard InChI is InChI=1S/C33H36O13/c1-40-19-11-9-18(10-12-19)33-26(17-7-5-4-6-8-17)25(29(37)38)28(36)32(33,39)27-22(41-2)13-20(14-23(27)46-33)44-31-30(42-3)43-16-24(45-31)21(35)15-34/h4-14,21,24-26,28,30-31,34-36,39H,15-16H2,1-3H3,(H,37,38)/t21-,24-,25?,26?,28?,30-,31-,32?,33-/m1/s1. The predicted octanol–water partition coefficient (Wildman–Crippen LogP) is 1.48. The van der Waals surface area contributed by atoms with Crippen LogP contribution in [-0.2, 0) is 30.2 Å². The summed E-state index contributed by atoms with van der Waals surface area (Å²) in [6.07, 6.45) is -6.21. The molecular formula is C33H36O13. The molecule has 3 aromatic rings. The van der Waals surface area contributed by atoms with Crippen LogP contribution in [-0.4, -0.2) is 96.9 Å². The number of fused-ring (bicyclic) bond motifs is 3. The molecule has 0 bridgehead atoms. The van der Waals surface area contributed by atoms with Gasteiger partial charge in [-0.05, 0) is 23.3 Å². The van der Waals surface area contributed by atoms with Gasteiger partial charge in [0.05, 0.1) is 38.9 Å². The van der Waals surface area contributed by atoms with Crippen molar-refractivity contribution in [1.29, 1.82) is 0 Å². The molecule has 3 aromatic carbocycles. The third kappa shape index (κ3) is 4.78. The highest BCUT2D eigenvalue weighted by atomic mass is 16.8. The van der Waals surface area contributed by atoms with Crippen LogP contribution in [0.5, 0.6) is 23.0 Å². The van der Waals surface area contributed by atoms with Crippen molar-refractivity contribution in [1.82, 2.24) is 0 Å². The number of methoxy groups -OCH3 is 3. The number of carbonyl (C=O) groups is 1. The summed E-state index contributed by atoms with van der Waals surface area (Å²) in [6, 6.07) is 18.3. The molecule has 2 aliphatic heterocycles. The van der Waals surface area contributed by atoms with Gasteiger partial charge < -0.3 is 58.7 Å². The highest BCUT2D eigenvalue weighted by Gasteiger charge is 2.78. The van der Waals surface area contributed by atoms with Gasteiger partial charge in [-0.25, -0.2) is 0 Å². The molecule has 1 saturated heterocycles. The third-order valence-electron chi connectivity index (χ3n) is 9.06. The van der Waals surface area contributed by atoms with Gasteiger partial charge in [0, 0.05) is 25.2 Å². The van der Waals surface area contributed by atoms with Gasteiger partial charge >= 0.3 is 5.97 Å². The minimum Gasteiger partial charge on any atom is -0.497 e. The van der Waals surface area contributed by atoms with Gasteiger partial charge in [-0.1, -0.05) is 42.5 Å². The molecule has 3 aliphatic rings. The van der Waals surface area contributed by atoms with Gasteiger partial charge in [-0.2, -0.15) is 0 Å². The largest absolute Gasteiger partial charge is 0.497 e. The fraction of sp³-hybridized carbons (Fsp3) is 0.424. The molecule has 1 aliphatic carbocycles. The predicted molar refractivity (Wildman–Crippen MR) is 158 cm³/mol. The monoisotopic (exact) mass is 640 g/mol. The highest BCUT2D eigenvalue weighted by Crippen LogP contribution is 2.70. The van der Waals surface area contributed by atoms with Crippen molar-refractivity contribution in [3.63, 3.8) is 0 Å². The summed E-state index contributed by atoms with van der Waals surface area (Å²) in [5.74, 6) is -3.15. The zero-order chi connectivity index (χ0) is 32.8. The van der Waals surface area contributed by atoms with Crippen LogP contribution in [0.1, 0.15) is 22.6 Å². The number of benzene rings is 3. The van der Waals surface area contributed by atoms with Crippen LogP contribution in [0.25, 0.3) is 0 Å². The van der Waals surface area contributed by atoms with Gasteiger partial charge in [0.1, 0.15) is 41.3 Å². The Balaban J connectivity index is 1.52. The topological polar surface area (TPSA) is 183 Å². The van der Waals surface area contributed by atoms with Crippen molar-refractivity contribution in [2.75, 3.05) is 34.5 Å². The number of aliphatic hydroxyl groups is 4. The van der Waals surface area contributed by atoms with E-state index in [0.29, 0.717) is 16.9 Å². The van der Waals surface area contributed by atoms with Crippen LogP contribution < -0.4 is 18.9 Å². The van der Waals surface area contributed by atoms with Crippen molar-refractivity contribution in [2.24, 2.45) is 5.92 Å². The zero-order valence-electron chi connectivity index (χ0n) is 25.3. The maximum Gasteiger partial charge on any atom is 0.310 e. The van der Waals surface area contributed by atoms with E-state index in [1.54, 1.807) is 54.6 Å². The number of hydrogen-bond donors (Lipinski definition) is 5. The number of carboxylic acids is 1. The first-order valence-corrected chi connectivity index (χ1v) is 14.6. The Bertz CT molecular complexity index is 1550. The molecule has 5 N–H and O–H groups in total. The Morgan fingerprint density at radius 2 is 1.72 bits per heavy atom. The molecule has 0 amide bonds. The molecule has 6 rings (SSSR count). The quantitative estimate of drug-likeness (QED) is 0.215. The van der Waals surface area contributed by atoms with Crippen molar-refractivity contribution in [3.05, 3.63) is 83.4 Å². The van der Waals surface area contributed by atoms with Crippen LogP contribution in [0.3, 0.4) is 0 Å². The second-order valence-corrected chi connectivity index (χ2v) is 11.4. The number of aliphatic hydroxyl groups excluding tert-OH is 3. The highest BCUT2D eigenvalue weighted by molar-refractivity contribution is 5.77. The number of rotatable bonds is 10. The normalized spacial score (nSPS) is 32.2. The average molecular weight is 641 g/mol. The first-order chi connectivity index (χ1) is 22.1. The van der Waals surface area contributed by atoms with E-state index in [2.05, 4.69) is 0 Å². The van der Waals surface area contributed by atoms with Crippen LogP contribution in [0.4, 0.5) is 0 Å². The Labute approximate surface area is 264 Å². The minimum absolute atomic E-state index is 0.0352. The Hall–Kier alpha value is -3.95. The number of hydrogen-bond acceptors (Lipinski definition) is 12. The number of ether oxygens (including phenoxy) is 7. The molecule has 13 nitrogen and oxygen atoms in total.